The second-order valence-electron chi connectivity index (χ2n) is 5.56. The molecule has 0 radical (unpaired) electrons. The lowest BCUT2D eigenvalue weighted by molar-refractivity contribution is 0.161. The maximum atomic E-state index is 9.46. The van der Waals surface area contributed by atoms with Crippen LogP contribution in [0.5, 0.6) is 0 Å². The molecule has 1 aromatic heterocycles. The molecule has 19 heavy (non-hydrogen) atoms. The van der Waals surface area contributed by atoms with Crippen molar-refractivity contribution in [1.82, 2.24) is 14.7 Å². The minimum Gasteiger partial charge on any atom is -0.390 e. The van der Waals surface area contributed by atoms with Gasteiger partial charge in [0, 0.05) is 50.5 Å². The van der Waals surface area contributed by atoms with E-state index in [4.69, 9.17) is 4.74 Å². The molecule has 3 heterocycles. The fourth-order valence-electron chi connectivity index (χ4n) is 3.25. The van der Waals surface area contributed by atoms with Crippen LogP contribution in [0.4, 0.5) is 0 Å². The molecule has 2 aliphatic heterocycles. The Morgan fingerprint density at radius 2 is 2.37 bits per heavy atom. The van der Waals surface area contributed by atoms with Crippen molar-refractivity contribution >= 4 is 0 Å². The van der Waals surface area contributed by atoms with Crippen molar-refractivity contribution in [2.45, 2.75) is 39.5 Å². The summed E-state index contributed by atoms with van der Waals surface area (Å²) in [6.07, 6.45) is 2.23. The van der Waals surface area contributed by atoms with E-state index >= 15 is 0 Å². The number of aromatic nitrogens is 2. The quantitative estimate of drug-likeness (QED) is 0.874. The van der Waals surface area contributed by atoms with Crippen molar-refractivity contribution in [2.75, 3.05) is 26.3 Å². The molecule has 2 aliphatic rings. The van der Waals surface area contributed by atoms with E-state index in [9.17, 15) is 5.11 Å². The highest BCUT2D eigenvalue weighted by Crippen LogP contribution is 2.24. The molecule has 3 rings (SSSR count). The van der Waals surface area contributed by atoms with E-state index in [0.29, 0.717) is 5.92 Å². The molecular formula is C14H23N3O2. The standard InChI is InChI=1S/C14H23N3O2/c1-2-17-14-3-5-16(7-11-4-6-19-10-11)8-12(14)13(9-18)15-17/h11,18H,2-10H2,1H3. The SMILES string of the molecule is CCn1nc(CO)c2c1CCN(CC1CCOC1)C2. The molecular weight excluding hydrogens is 242 g/mol. The number of aliphatic hydroxyl groups excluding tert-OH is 1. The van der Waals surface area contributed by atoms with Crippen molar-refractivity contribution in [1.29, 1.82) is 0 Å². The van der Waals surface area contributed by atoms with Crippen LogP contribution >= 0.6 is 0 Å². The Labute approximate surface area is 114 Å². The van der Waals surface area contributed by atoms with Gasteiger partial charge in [0.05, 0.1) is 18.9 Å². The first-order valence-corrected chi connectivity index (χ1v) is 7.30. The monoisotopic (exact) mass is 265 g/mol. The molecule has 1 atom stereocenters. The van der Waals surface area contributed by atoms with Gasteiger partial charge in [-0.3, -0.25) is 9.58 Å². The van der Waals surface area contributed by atoms with Gasteiger partial charge in [0.25, 0.3) is 0 Å². The van der Waals surface area contributed by atoms with Gasteiger partial charge in [-0.05, 0) is 19.3 Å². The van der Waals surface area contributed by atoms with Crippen LogP contribution in [0, 0.1) is 5.92 Å². The number of fused-ring (bicyclic) bond motifs is 1. The number of hydrogen-bond acceptors (Lipinski definition) is 4. The summed E-state index contributed by atoms with van der Waals surface area (Å²) in [5, 5.41) is 14.0. The van der Waals surface area contributed by atoms with Crippen LogP contribution in [0.15, 0.2) is 0 Å². The third kappa shape index (κ3) is 2.55. The van der Waals surface area contributed by atoms with Crippen LogP contribution in [0.3, 0.4) is 0 Å². The van der Waals surface area contributed by atoms with Crippen molar-refractivity contribution in [2.24, 2.45) is 5.92 Å². The minimum atomic E-state index is 0.0513. The van der Waals surface area contributed by atoms with E-state index in [1.807, 2.05) is 0 Å². The number of ether oxygens (including phenoxy) is 1. The first kappa shape index (κ1) is 13.1. The molecule has 1 N–H and O–H groups in total. The van der Waals surface area contributed by atoms with Gasteiger partial charge in [-0.1, -0.05) is 0 Å². The Hall–Kier alpha value is -0.910. The van der Waals surface area contributed by atoms with E-state index in [-0.39, 0.29) is 6.61 Å². The van der Waals surface area contributed by atoms with Gasteiger partial charge in [-0.25, -0.2) is 0 Å². The summed E-state index contributed by atoms with van der Waals surface area (Å²) >= 11 is 0. The molecule has 0 saturated carbocycles. The Balaban J connectivity index is 1.73. The average Bonchev–Trinajstić information content (AvgIpc) is 3.05. The van der Waals surface area contributed by atoms with Gasteiger partial charge in [-0.15, -0.1) is 0 Å². The van der Waals surface area contributed by atoms with Crippen LogP contribution in [-0.2, 0) is 30.9 Å². The summed E-state index contributed by atoms with van der Waals surface area (Å²) in [5.74, 6) is 0.681. The summed E-state index contributed by atoms with van der Waals surface area (Å²) in [5.41, 5.74) is 3.45. The lowest BCUT2D eigenvalue weighted by Crippen LogP contribution is -2.35. The molecule has 0 bridgehead atoms. The average molecular weight is 265 g/mol. The number of nitrogens with zero attached hydrogens (tertiary/aromatic N) is 3. The first-order valence-electron chi connectivity index (χ1n) is 7.30. The lowest BCUT2D eigenvalue weighted by atomic mass is 10.0. The van der Waals surface area contributed by atoms with E-state index in [0.717, 1.165) is 51.5 Å². The molecule has 1 aromatic rings. The highest BCUT2D eigenvalue weighted by Gasteiger charge is 2.26. The molecule has 5 heteroatoms. The Morgan fingerprint density at radius 3 is 3.05 bits per heavy atom. The Kier molecular flexibility index (Phi) is 3.86. The lowest BCUT2D eigenvalue weighted by Gasteiger charge is -2.29. The zero-order valence-corrected chi connectivity index (χ0v) is 11.6. The van der Waals surface area contributed by atoms with E-state index in [2.05, 4.69) is 21.6 Å². The van der Waals surface area contributed by atoms with Crippen LogP contribution < -0.4 is 0 Å². The number of hydrogen-bond donors (Lipinski definition) is 1. The van der Waals surface area contributed by atoms with Crippen molar-refractivity contribution < 1.29 is 9.84 Å². The van der Waals surface area contributed by atoms with Gasteiger partial charge in [0.15, 0.2) is 0 Å². The van der Waals surface area contributed by atoms with E-state index in [1.54, 1.807) is 0 Å². The molecule has 0 spiro atoms. The predicted molar refractivity (Wildman–Crippen MR) is 71.7 cm³/mol. The van der Waals surface area contributed by atoms with Crippen molar-refractivity contribution in [3.63, 3.8) is 0 Å². The number of rotatable bonds is 4. The fourth-order valence-corrected chi connectivity index (χ4v) is 3.25. The molecule has 0 aromatic carbocycles. The van der Waals surface area contributed by atoms with Gasteiger partial charge in [-0.2, -0.15) is 5.10 Å². The second kappa shape index (κ2) is 5.61. The zero-order chi connectivity index (χ0) is 13.2. The van der Waals surface area contributed by atoms with Crippen LogP contribution in [0.1, 0.15) is 30.3 Å². The van der Waals surface area contributed by atoms with Gasteiger partial charge < -0.3 is 9.84 Å². The van der Waals surface area contributed by atoms with Crippen LogP contribution in [0.2, 0.25) is 0 Å². The summed E-state index contributed by atoms with van der Waals surface area (Å²) < 4.78 is 7.50. The highest BCUT2D eigenvalue weighted by molar-refractivity contribution is 5.28. The minimum absolute atomic E-state index is 0.0513. The summed E-state index contributed by atoms with van der Waals surface area (Å²) in [6, 6.07) is 0. The highest BCUT2D eigenvalue weighted by atomic mass is 16.5. The Bertz CT molecular complexity index is 438. The summed E-state index contributed by atoms with van der Waals surface area (Å²) in [4.78, 5) is 2.49. The zero-order valence-electron chi connectivity index (χ0n) is 11.6. The smallest absolute Gasteiger partial charge is 0.0926 e. The van der Waals surface area contributed by atoms with Crippen LogP contribution in [0.25, 0.3) is 0 Å². The summed E-state index contributed by atoms with van der Waals surface area (Å²) in [6.45, 7) is 8.01. The van der Waals surface area contributed by atoms with Gasteiger partial charge in [0.1, 0.15) is 0 Å². The topological polar surface area (TPSA) is 50.5 Å². The van der Waals surface area contributed by atoms with Crippen molar-refractivity contribution in [3.8, 4) is 0 Å². The van der Waals surface area contributed by atoms with Gasteiger partial charge >= 0.3 is 0 Å². The van der Waals surface area contributed by atoms with E-state index in [1.165, 1.54) is 17.7 Å². The maximum Gasteiger partial charge on any atom is 0.0926 e. The third-order valence-corrected chi connectivity index (χ3v) is 4.29. The maximum absolute atomic E-state index is 9.46. The van der Waals surface area contributed by atoms with Gasteiger partial charge in [0.2, 0.25) is 0 Å². The largest absolute Gasteiger partial charge is 0.390 e. The summed E-state index contributed by atoms with van der Waals surface area (Å²) in [7, 11) is 0. The Morgan fingerprint density at radius 1 is 1.47 bits per heavy atom. The second-order valence-corrected chi connectivity index (χ2v) is 5.56. The fraction of sp³-hybridized carbons (Fsp3) is 0.786. The molecule has 5 nitrogen and oxygen atoms in total. The molecule has 1 unspecified atom stereocenters. The number of aryl methyl sites for hydroxylation is 1. The normalized spacial score (nSPS) is 23.8. The van der Waals surface area contributed by atoms with Crippen molar-refractivity contribution in [3.05, 3.63) is 17.0 Å². The first-order chi connectivity index (χ1) is 9.31. The molecule has 0 amide bonds. The van der Waals surface area contributed by atoms with Crippen LogP contribution in [-0.4, -0.2) is 46.1 Å². The predicted octanol–water partition coefficient (Wildman–Crippen LogP) is 0.790. The molecule has 106 valence electrons. The molecule has 0 aliphatic carbocycles. The third-order valence-electron chi connectivity index (χ3n) is 4.29. The molecule has 1 saturated heterocycles. The van der Waals surface area contributed by atoms with E-state index < -0.39 is 0 Å². The number of aliphatic hydroxyl groups is 1. The molecule has 1 fully saturated rings.